The molecular formula is C24H25N3O6S2. The lowest BCUT2D eigenvalue weighted by atomic mass is 10.1. The van der Waals surface area contributed by atoms with Gasteiger partial charge in [0.05, 0.1) is 18.4 Å². The number of ether oxygens (including phenoxy) is 1. The number of nitrogens with one attached hydrogen (secondary N) is 3. The molecule has 184 valence electrons. The van der Waals surface area contributed by atoms with Crippen LogP contribution < -0.4 is 15.4 Å². The average molecular weight is 516 g/mol. The van der Waals surface area contributed by atoms with Crippen molar-refractivity contribution >= 4 is 49.8 Å². The Morgan fingerprint density at radius 2 is 1.71 bits per heavy atom. The number of hydrogen-bond acceptors (Lipinski definition) is 7. The number of thiophene rings is 1. The smallest absolute Gasteiger partial charge is 0.341 e. The number of amides is 2. The Morgan fingerprint density at radius 1 is 0.971 bits per heavy atom. The summed E-state index contributed by atoms with van der Waals surface area (Å²) in [7, 11) is -3.42. The molecule has 0 atom stereocenters. The van der Waals surface area contributed by atoms with Gasteiger partial charge in [0.1, 0.15) is 11.4 Å². The molecule has 1 heterocycles. The third-order valence-electron chi connectivity index (χ3n) is 4.58. The van der Waals surface area contributed by atoms with Crippen molar-refractivity contribution in [3.8, 4) is 10.4 Å². The first-order chi connectivity index (χ1) is 16.6. The van der Waals surface area contributed by atoms with E-state index >= 15 is 0 Å². The molecule has 35 heavy (non-hydrogen) atoms. The van der Waals surface area contributed by atoms with Crippen LogP contribution in [0, 0.1) is 0 Å². The molecule has 0 saturated carbocycles. The molecule has 0 fully saturated rings. The van der Waals surface area contributed by atoms with Gasteiger partial charge in [-0.25, -0.2) is 13.2 Å². The van der Waals surface area contributed by atoms with Gasteiger partial charge in [0, 0.05) is 17.1 Å². The van der Waals surface area contributed by atoms with Crippen LogP contribution in [0.3, 0.4) is 0 Å². The van der Waals surface area contributed by atoms with E-state index < -0.39 is 34.2 Å². The Morgan fingerprint density at radius 3 is 2.40 bits per heavy atom. The summed E-state index contributed by atoms with van der Waals surface area (Å²) in [6, 6.07) is 17.6. The molecule has 0 unspecified atom stereocenters. The summed E-state index contributed by atoms with van der Waals surface area (Å²) in [6.45, 7) is 1.99. The van der Waals surface area contributed by atoms with E-state index in [9.17, 15) is 22.8 Å². The second-order valence-corrected chi connectivity index (χ2v) is 10.3. The summed E-state index contributed by atoms with van der Waals surface area (Å²) in [4.78, 5) is 38.0. The van der Waals surface area contributed by atoms with Crippen LogP contribution in [0.5, 0.6) is 0 Å². The summed E-state index contributed by atoms with van der Waals surface area (Å²) in [5, 5.41) is 5.58. The number of rotatable bonds is 10. The van der Waals surface area contributed by atoms with Crippen molar-refractivity contribution in [2.24, 2.45) is 0 Å². The number of sulfonamides is 1. The predicted molar refractivity (Wildman–Crippen MR) is 136 cm³/mol. The fourth-order valence-electron chi connectivity index (χ4n) is 3.13. The minimum atomic E-state index is -3.42. The van der Waals surface area contributed by atoms with E-state index in [1.165, 1.54) is 11.3 Å². The molecule has 3 aromatic rings. The van der Waals surface area contributed by atoms with Gasteiger partial charge in [-0.15, -0.1) is 11.3 Å². The molecule has 11 heteroatoms. The maximum atomic E-state index is 12.5. The van der Waals surface area contributed by atoms with Crippen molar-refractivity contribution in [3.63, 3.8) is 0 Å². The van der Waals surface area contributed by atoms with Gasteiger partial charge >= 0.3 is 5.97 Å². The van der Waals surface area contributed by atoms with Crippen LogP contribution in [0.4, 0.5) is 10.7 Å². The predicted octanol–water partition coefficient (Wildman–Crippen LogP) is 3.61. The van der Waals surface area contributed by atoms with Crippen molar-refractivity contribution in [2.75, 3.05) is 22.9 Å². The fraction of sp³-hybridized carbons (Fsp3) is 0.208. The minimum absolute atomic E-state index is 0.108. The van der Waals surface area contributed by atoms with Crippen molar-refractivity contribution in [2.45, 2.75) is 19.9 Å². The third-order valence-corrected chi connectivity index (χ3v) is 6.29. The van der Waals surface area contributed by atoms with E-state index in [4.69, 9.17) is 4.74 Å². The summed E-state index contributed by atoms with van der Waals surface area (Å²) < 4.78 is 30.2. The monoisotopic (exact) mass is 515 g/mol. The highest BCUT2D eigenvalue weighted by Crippen LogP contribution is 2.36. The Hall–Kier alpha value is -3.70. The van der Waals surface area contributed by atoms with Gasteiger partial charge in [0.2, 0.25) is 21.8 Å². The lowest BCUT2D eigenvalue weighted by molar-refractivity contribution is -0.126. The zero-order valence-electron chi connectivity index (χ0n) is 19.2. The highest BCUT2D eigenvalue weighted by atomic mass is 32.2. The van der Waals surface area contributed by atoms with Crippen LogP contribution in [0.1, 0.15) is 29.3 Å². The summed E-state index contributed by atoms with van der Waals surface area (Å²) in [5.41, 5.74) is 2.13. The van der Waals surface area contributed by atoms with E-state index in [-0.39, 0.29) is 18.7 Å². The highest BCUT2D eigenvalue weighted by Gasteiger charge is 2.21. The Kier molecular flexibility index (Phi) is 8.61. The maximum Gasteiger partial charge on any atom is 0.341 e. The molecular weight excluding hydrogens is 490 g/mol. The summed E-state index contributed by atoms with van der Waals surface area (Å²) in [6.07, 6.45) is 0.589. The Balaban J connectivity index is 1.63. The Bertz CT molecular complexity index is 1320. The standard InChI is InChI=1S/C24H25N3O6S2/c1-3-33-24(30)19-13-20(17-9-5-4-6-10-17)34-23(19)26-22(29)14-21(28)25-15-16-8-7-11-18(12-16)27-35(2,31)32/h4-13,27H,3,14-15H2,1-2H3,(H,25,28)(H,26,29). The first-order valence-corrected chi connectivity index (χ1v) is 13.3. The molecule has 0 saturated heterocycles. The molecule has 1 aromatic heterocycles. The van der Waals surface area contributed by atoms with Gasteiger partial charge in [-0.2, -0.15) is 0 Å². The first kappa shape index (κ1) is 25.9. The van der Waals surface area contributed by atoms with E-state index in [1.54, 1.807) is 37.3 Å². The SMILES string of the molecule is CCOC(=O)c1cc(-c2ccccc2)sc1NC(=O)CC(=O)NCc1cccc(NS(C)(=O)=O)c1. The number of benzene rings is 2. The minimum Gasteiger partial charge on any atom is -0.462 e. The second-order valence-electron chi connectivity index (χ2n) is 7.52. The lowest BCUT2D eigenvalue weighted by Crippen LogP contribution is -2.28. The van der Waals surface area contributed by atoms with Gasteiger partial charge in [0.25, 0.3) is 0 Å². The number of hydrogen-bond donors (Lipinski definition) is 3. The van der Waals surface area contributed by atoms with Crippen LogP contribution in [0.15, 0.2) is 60.7 Å². The number of anilines is 2. The van der Waals surface area contributed by atoms with Gasteiger partial charge in [-0.1, -0.05) is 42.5 Å². The molecule has 0 bridgehead atoms. The molecule has 2 aromatic carbocycles. The largest absolute Gasteiger partial charge is 0.462 e. The van der Waals surface area contributed by atoms with Crippen LogP contribution >= 0.6 is 11.3 Å². The van der Waals surface area contributed by atoms with Gasteiger partial charge in [0.15, 0.2) is 0 Å². The van der Waals surface area contributed by atoms with Gasteiger partial charge in [-0.05, 0) is 36.2 Å². The van der Waals surface area contributed by atoms with Crippen molar-refractivity contribution < 1.29 is 27.5 Å². The molecule has 0 aliphatic heterocycles. The average Bonchev–Trinajstić information content (AvgIpc) is 3.21. The zero-order chi connectivity index (χ0) is 25.4. The normalized spacial score (nSPS) is 10.9. The molecule has 0 aliphatic carbocycles. The topological polar surface area (TPSA) is 131 Å². The zero-order valence-corrected chi connectivity index (χ0v) is 20.8. The second kappa shape index (κ2) is 11.6. The summed E-state index contributed by atoms with van der Waals surface area (Å²) >= 11 is 1.22. The van der Waals surface area contributed by atoms with Crippen LogP contribution in [-0.4, -0.2) is 39.1 Å². The first-order valence-electron chi connectivity index (χ1n) is 10.6. The van der Waals surface area contributed by atoms with Crippen LogP contribution in [0.25, 0.3) is 10.4 Å². The van der Waals surface area contributed by atoms with E-state index in [0.29, 0.717) is 16.3 Å². The van der Waals surface area contributed by atoms with Crippen LogP contribution in [0.2, 0.25) is 0 Å². The molecule has 2 amide bonds. The Labute approximate surface area is 207 Å². The third kappa shape index (κ3) is 7.94. The quantitative estimate of drug-likeness (QED) is 0.279. The molecule has 0 radical (unpaired) electrons. The van der Waals surface area contributed by atoms with E-state index in [0.717, 1.165) is 16.7 Å². The molecule has 0 aliphatic rings. The van der Waals surface area contributed by atoms with Gasteiger partial charge in [-0.3, -0.25) is 14.3 Å². The van der Waals surface area contributed by atoms with E-state index in [1.807, 2.05) is 30.3 Å². The molecule has 3 rings (SSSR count). The molecule has 3 N–H and O–H groups in total. The number of esters is 1. The maximum absolute atomic E-state index is 12.5. The highest BCUT2D eigenvalue weighted by molar-refractivity contribution is 7.92. The summed E-state index contributed by atoms with van der Waals surface area (Å²) in [5.74, 6) is -1.67. The molecule has 0 spiro atoms. The number of carbonyl (C=O) groups excluding carboxylic acids is 3. The van der Waals surface area contributed by atoms with Gasteiger partial charge < -0.3 is 15.4 Å². The van der Waals surface area contributed by atoms with Crippen molar-refractivity contribution in [1.82, 2.24) is 5.32 Å². The van der Waals surface area contributed by atoms with Crippen molar-refractivity contribution in [3.05, 3.63) is 71.8 Å². The number of carbonyl (C=O) groups is 3. The van der Waals surface area contributed by atoms with Crippen molar-refractivity contribution in [1.29, 1.82) is 0 Å². The molecule has 9 nitrogen and oxygen atoms in total. The van der Waals surface area contributed by atoms with Crippen LogP contribution in [-0.2, 0) is 30.9 Å². The van der Waals surface area contributed by atoms with E-state index in [2.05, 4.69) is 15.4 Å². The lowest BCUT2D eigenvalue weighted by Gasteiger charge is -2.09. The fourth-order valence-corrected chi connectivity index (χ4v) is 4.75.